The molecule has 0 saturated heterocycles. The second-order valence-electron chi connectivity index (χ2n) is 5.85. The Balaban J connectivity index is 2.45. The molecule has 21 heavy (non-hydrogen) atoms. The van der Waals surface area contributed by atoms with E-state index >= 15 is 0 Å². The van der Waals surface area contributed by atoms with Gasteiger partial charge >= 0.3 is 0 Å². The zero-order valence-corrected chi connectivity index (χ0v) is 13.6. The summed E-state index contributed by atoms with van der Waals surface area (Å²) in [5.41, 5.74) is 3.31. The second kappa shape index (κ2) is 6.40. The van der Waals surface area contributed by atoms with Crippen LogP contribution in [-0.4, -0.2) is 11.5 Å². The number of benzene rings is 1. The molecule has 0 atom stereocenters. The number of halogens is 1. The highest BCUT2D eigenvalue weighted by Crippen LogP contribution is 2.26. The van der Waals surface area contributed by atoms with Crippen LogP contribution in [0.3, 0.4) is 0 Å². The van der Waals surface area contributed by atoms with Gasteiger partial charge in [-0.1, -0.05) is 39.3 Å². The maximum Gasteiger partial charge on any atom is 0.185 e. The fraction of sp³-hybridized carbons (Fsp3) is 0.333. The highest BCUT2D eigenvalue weighted by atomic mass is 35.5. The van der Waals surface area contributed by atoms with Gasteiger partial charge in [-0.05, 0) is 48.3 Å². The highest BCUT2D eigenvalue weighted by Gasteiger charge is 2.24. The predicted octanol–water partition coefficient (Wildman–Crippen LogP) is 5.16. The van der Waals surface area contributed by atoms with Gasteiger partial charge in [-0.15, -0.1) is 0 Å². The minimum atomic E-state index is 0.148. The van der Waals surface area contributed by atoms with E-state index in [0.717, 1.165) is 22.5 Å². The molecule has 0 radical (unpaired) electrons. The van der Waals surface area contributed by atoms with Crippen molar-refractivity contribution in [3.63, 3.8) is 0 Å². The molecular weight excluding hydrogens is 282 g/mol. The Morgan fingerprint density at radius 2 is 1.38 bits per heavy atom. The number of carbonyl (C=O) groups excluding carboxylic acids is 1. The van der Waals surface area contributed by atoms with E-state index in [4.69, 9.17) is 11.6 Å². The molecule has 0 bridgehead atoms. The Labute approximate surface area is 131 Å². The number of rotatable bonds is 3. The van der Waals surface area contributed by atoms with Crippen LogP contribution in [0.15, 0.2) is 52.6 Å². The molecular formula is C18H20ClNO. The Bertz CT molecular complexity index is 604. The van der Waals surface area contributed by atoms with Gasteiger partial charge in [0.25, 0.3) is 0 Å². The monoisotopic (exact) mass is 301 g/mol. The van der Waals surface area contributed by atoms with Crippen LogP contribution in [0.5, 0.6) is 0 Å². The summed E-state index contributed by atoms with van der Waals surface area (Å²) in [6, 6.07) is 7.37. The zero-order chi connectivity index (χ0) is 15.6. The van der Waals surface area contributed by atoms with Crippen LogP contribution in [0.2, 0.25) is 5.02 Å². The first-order valence-electron chi connectivity index (χ1n) is 7.20. The average Bonchev–Trinajstić information content (AvgIpc) is 2.42. The Morgan fingerprint density at radius 3 is 1.81 bits per heavy atom. The molecule has 2 nitrogen and oxygen atoms in total. The lowest BCUT2D eigenvalue weighted by Gasteiger charge is -2.20. The van der Waals surface area contributed by atoms with Crippen LogP contribution in [0.4, 0.5) is 5.69 Å². The number of allylic oxidation sites excluding steroid dienone is 4. The van der Waals surface area contributed by atoms with Crippen LogP contribution in [0.1, 0.15) is 27.7 Å². The first-order chi connectivity index (χ1) is 9.88. The Kier molecular flexibility index (Phi) is 4.79. The molecule has 0 amide bonds. The van der Waals surface area contributed by atoms with E-state index in [0.29, 0.717) is 5.02 Å². The zero-order valence-electron chi connectivity index (χ0n) is 12.9. The topological polar surface area (TPSA) is 29.4 Å². The normalized spacial score (nSPS) is 15.4. The molecule has 2 rings (SSSR count). The molecule has 0 spiro atoms. The van der Waals surface area contributed by atoms with Crippen LogP contribution in [-0.2, 0) is 4.79 Å². The van der Waals surface area contributed by atoms with Gasteiger partial charge in [0.1, 0.15) is 0 Å². The molecule has 110 valence electrons. The molecule has 3 heteroatoms. The lowest BCUT2D eigenvalue weighted by Crippen LogP contribution is -2.20. The molecule has 0 aromatic heterocycles. The van der Waals surface area contributed by atoms with E-state index in [2.05, 4.69) is 4.99 Å². The summed E-state index contributed by atoms with van der Waals surface area (Å²) in [6.07, 6.45) is 3.79. The maximum absolute atomic E-state index is 12.4. The molecule has 0 N–H and O–H groups in total. The van der Waals surface area contributed by atoms with Crippen LogP contribution in [0, 0.1) is 11.8 Å². The van der Waals surface area contributed by atoms with Crippen molar-refractivity contribution in [3.05, 3.63) is 52.6 Å². The minimum absolute atomic E-state index is 0.148. The van der Waals surface area contributed by atoms with E-state index in [9.17, 15) is 4.79 Å². The molecule has 0 saturated carbocycles. The van der Waals surface area contributed by atoms with Gasteiger partial charge in [0.05, 0.1) is 11.4 Å². The van der Waals surface area contributed by atoms with Gasteiger partial charge in [0.15, 0.2) is 5.78 Å². The molecule has 1 aromatic rings. The summed E-state index contributed by atoms with van der Waals surface area (Å²) < 4.78 is 0. The van der Waals surface area contributed by atoms with Crippen molar-refractivity contribution in [2.45, 2.75) is 27.7 Å². The highest BCUT2D eigenvalue weighted by molar-refractivity contribution is 6.30. The molecule has 0 aliphatic heterocycles. The first kappa shape index (κ1) is 15.7. The van der Waals surface area contributed by atoms with Gasteiger partial charge in [-0.3, -0.25) is 4.79 Å². The second-order valence-corrected chi connectivity index (χ2v) is 6.29. The Morgan fingerprint density at radius 1 is 0.905 bits per heavy atom. The van der Waals surface area contributed by atoms with Crippen molar-refractivity contribution in [1.82, 2.24) is 0 Å². The van der Waals surface area contributed by atoms with Gasteiger partial charge in [-0.2, -0.15) is 0 Å². The summed E-state index contributed by atoms with van der Waals surface area (Å²) >= 11 is 5.89. The third-order valence-electron chi connectivity index (χ3n) is 3.46. The third-order valence-corrected chi connectivity index (χ3v) is 3.71. The average molecular weight is 302 g/mol. The van der Waals surface area contributed by atoms with E-state index < -0.39 is 0 Å². The number of aliphatic imine (C=N–C) groups is 1. The Hall–Kier alpha value is -1.67. The number of ketones is 1. The molecule has 0 unspecified atom stereocenters. The number of carbonyl (C=O) groups is 1. The fourth-order valence-electron chi connectivity index (χ4n) is 2.25. The number of Topliss-reactive ketones (excluding diaryl/α,β-unsaturated/α-hetero) is 1. The predicted molar refractivity (Wildman–Crippen MR) is 89.4 cm³/mol. The van der Waals surface area contributed by atoms with Gasteiger partial charge in [0.2, 0.25) is 0 Å². The van der Waals surface area contributed by atoms with Crippen molar-refractivity contribution in [1.29, 1.82) is 0 Å². The van der Waals surface area contributed by atoms with Crippen molar-refractivity contribution in [3.8, 4) is 0 Å². The molecule has 0 fully saturated rings. The summed E-state index contributed by atoms with van der Waals surface area (Å²) in [5, 5.41) is 0.689. The van der Waals surface area contributed by atoms with Crippen LogP contribution < -0.4 is 0 Å². The van der Waals surface area contributed by atoms with E-state index in [1.807, 2.05) is 64.1 Å². The van der Waals surface area contributed by atoms with Crippen LogP contribution >= 0.6 is 11.6 Å². The number of nitrogens with zero attached hydrogens (tertiary/aromatic N) is 1. The number of hydrogen-bond acceptors (Lipinski definition) is 2. The third kappa shape index (κ3) is 3.70. The van der Waals surface area contributed by atoms with E-state index in [-0.39, 0.29) is 17.6 Å². The van der Waals surface area contributed by atoms with E-state index in [1.165, 1.54) is 0 Å². The van der Waals surface area contributed by atoms with Crippen LogP contribution in [0.25, 0.3) is 0 Å². The van der Waals surface area contributed by atoms with Crippen molar-refractivity contribution in [2.75, 3.05) is 0 Å². The van der Waals surface area contributed by atoms with Gasteiger partial charge < -0.3 is 0 Å². The van der Waals surface area contributed by atoms with Crippen molar-refractivity contribution >= 4 is 28.8 Å². The summed E-state index contributed by atoms with van der Waals surface area (Å²) in [7, 11) is 0. The quantitative estimate of drug-likeness (QED) is 0.709. The largest absolute Gasteiger partial charge is 0.289 e. The minimum Gasteiger partial charge on any atom is -0.289 e. The summed E-state index contributed by atoms with van der Waals surface area (Å²) in [6.45, 7) is 8.14. The summed E-state index contributed by atoms with van der Waals surface area (Å²) in [4.78, 5) is 17.1. The smallest absolute Gasteiger partial charge is 0.185 e. The van der Waals surface area contributed by atoms with E-state index in [1.54, 1.807) is 0 Å². The first-order valence-corrected chi connectivity index (χ1v) is 7.58. The van der Waals surface area contributed by atoms with Gasteiger partial charge in [-0.25, -0.2) is 4.99 Å². The fourth-order valence-corrected chi connectivity index (χ4v) is 2.37. The lowest BCUT2D eigenvalue weighted by atomic mass is 9.84. The lowest BCUT2D eigenvalue weighted by molar-refractivity contribution is -0.113. The molecule has 0 heterocycles. The SMILES string of the molecule is CC(C)C1=CC(=Nc2ccc(Cl)cc2)C=C(C(C)C)C1=O. The van der Waals surface area contributed by atoms with Gasteiger partial charge in [0, 0.05) is 16.2 Å². The maximum atomic E-state index is 12.4. The molecule has 1 aliphatic carbocycles. The summed E-state index contributed by atoms with van der Waals surface area (Å²) in [5.74, 6) is 0.529. The number of hydrogen-bond donors (Lipinski definition) is 0. The van der Waals surface area contributed by atoms with Crippen molar-refractivity contribution in [2.24, 2.45) is 16.8 Å². The molecule has 1 aromatic carbocycles. The van der Waals surface area contributed by atoms with Crippen molar-refractivity contribution < 1.29 is 4.79 Å². The molecule has 1 aliphatic rings. The standard InChI is InChI=1S/C18H20ClNO/c1-11(2)16-9-15(10-17(12(3)4)18(16)21)20-14-7-5-13(19)6-8-14/h5-12H,1-4H3.